The van der Waals surface area contributed by atoms with E-state index in [1.807, 2.05) is 31.1 Å². The number of aromatic nitrogens is 4. The quantitative estimate of drug-likeness (QED) is 0.204. The SMILES string of the molecule is Cc1cc(F)ccc1-c1nc(C(C)(C)C(=O)N2C[C@@H](C)N(Cc3cn(C4CCOC5(CCN(Cc6ccccc6)CC5)C4)nn3)[C@@H](C)C2)cs1. The number of carbonyl (C=O) groups excluding carboxylic acids is 1. The van der Waals surface area contributed by atoms with E-state index in [9.17, 15) is 9.18 Å². The highest BCUT2D eigenvalue weighted by atomic mass is 32.1. The number of hydrogen-bond acceptors (Lipinski definition) is 8. The molecule has 5 heterocycles. The standard InChI is InChI=1S/C39H50FN7O2S/c1-27-19-31(40)11-12-34(27)36-41-35(26-50-36)38(4,5)37(48)45-21-28(2)46(29(3)22-45)24-32-25-47(43-42-32)33-13-18-49-39(20-33)14-16-44(17-15-39)23-30-9-7-6-8-10-30/h6-12,19,25-26,28-29,33H,13-18,20-24H2,1-5H3/t28-,29+,33?. The number of halogens is 1. The predicted octanol–water partition coefficient (Wildman–Crippen LogP) is 6.63. The minimum absolute atomic E-state index is 0.0776. The van der Waals surface area contributed by atoms with Crippen molar-refractivity contribution in [3.05, 3.63) is 88.4 Å². The summed E-state index contributed by atoms with van der Waals surface area (Å²) in [6.45, 7) is 16.0. The average Bonchev–Trinajstić information content (AvgIpc) is 3.79. The number of likely N-dealkylation sites (tertiary alicyclic amines) is 1. The first-order chi connectivity index (χ1) is 24.0. The Morgan fingerprint density at radius 1 is 1.06 bits per heavy atom. The maximum atomic E-state index is 14.0. The lowest BCUT2D eigenvalue weighted by Gasteiger charge is -2.46. The maximum absolute atomic E-state index is 14.0. The molecule has 2 aromatic heterocycles. The lowest BCUT2D eigenvalue weighted by atomic mass is 9.82. The molecule has 0 N–H and O–H groups in total. The topological polar surface area (TPSA) is 79.6 Å². The van der Waals surface area contributed by atoms with E-state index in [2.05, 4.69) is 75.2 Å². The van der Waals surface area contributed by atoms with Gasteiger partial charge in [-0.2, -0.15) is 0 Å². The van der Waals surface area contributed by atoms with Gasteiger partial charge < -0.3 is 9.64 Å². The number of aryl methyl sites for hydroxylation is 1. The van der Waals surface area contributed by atoms with Crippen molar-refractivity contribution in [3.8, 4) is 10.6 Å². The number of benzene rings is 2. The van der Waals surface area contributed by atoms with Gasteiger partial charge in [0, 0.05) is 68.9 Å². The first-order valence-corrected chi connectivity index (χ1v) is 19.0. The van der Waals surface area contributed by atoms with Crippen LogP contribution in [0.2, 0.25) is 0 Å². The van der Waals surface area contributed by atoms with Gasteiger partial charge >= 0.3 is 0 Å². The molecule has 3 atom stereocenters. The van der Waals surface area contributed by atoms with Crippen LogP contribution >= 0.6 is 11.3 Å². The summed E-state index contributed by atoms with van der Waals surface area (Å²) in [5.74, 6) is -0.182. The smallest absolute Gasteiger partial charge is 0.234 e. The Balaban J connectivity index is 0.943. The summed E-state index contributed by atoms with van der Waals surface area (Å²) in [6.07, 6.45) is 6.15. The van der Waals surface area contributed by atoms with Gasteiger partial charge in [-0.1, -0.05) is 35.5 Å². The molecular weight excluding hydrogens is 650 g/mol. The molecule has 7 rings (SSSR count). The molecule has 1 spiro atoms. The molecule has 1 unspecified atom stereocenters. The highest BCUT2D eigenvalue weighted by Crippen LogP contribution is 2.40. The van der Waals surface area contributed by atoms with Gasteiger partial charge in [0.25, 0.3) is 0 Å². The summed E-state index contributed by atoms with van der Waals surface area (Å²) in [5, 5.41) is 12.0. The lowest BCUT2D eigenvalue weighted by molar-refractivity contribution is -0.141. The second kappa shape index (κ2) is 14.3. The van der Waals surface area contributed by atoms with E-state index in [0.717, 1.165) is 79.4 Å². The third kappa shape index (κ3) is 7.28. The Labute approximate surface area is 299 Å². The van der Waals surface area contributed by atoms with Crippen LogP contribution in [0.5, 0.6) is 0 Å². The summed E-state index contributed by atoms with van der Waals surface area (Å²) in [4.78, 5) is 25.9. The van der Waals surface area contributed by atoms with Gasteiger partial charge in [-0.15, -0.1) is 16.4 Å². The van der Waals surface area contributed by atoms with Crippen molar-refractivity contribution in [3.63, 3.8) is 0 Å². The molecule has 3 aliphatic heterocycles. The molecule has 9 nitrogen and oxygen atoms in total. The summed E-state index contributed by atoms with van der Waals surface area (Å²) in [7, 11) is 0. The first kappa shape index (κ1) is 34.9. The van der Waals surface area contributed by atoms with Crippen molar-refractivity contribution in [2.75, 3.05) is 32.8 Å². The second-order valence-electron chi connectivity index (χ2n) is 15.3. The third-order valence-corrected chi connectivity index (χ3v) is 12.1. The van der Waals surface area contributed by atoms with Gasteiger partial charge in [0.05, 0.1) is 34.6 Å². The van der Waals surface area contributed by atoms with E-state index >= 15 is 0 Å². The minimum Gasteiger partial charge on any atom is -0.375 e. The van der Waals surface area contributed by atoms with Gasteiger partial charge in [-0.05, 0) is 89.6 Å². The van der Waals surface area contributed by atoms with Crippen LogP contribution in [-0.4, -0.2) is 91.1 Å². The summed E-state index contributed by atoms with van der Waals surface area (Å²) >= 11 is 1.50. The van der Waals surface area contributed by atoms with Crippen molar-refractivity contribution >= 4 is 17.2 Å². The van der Waals surface area contributed by atoms with E-state index in [1.54, 1.807) is 6.07 Å². The summed E-state index contributed by atoms with van der Waals surface area (Å²) in [6, 6.07) is 16.1. The van der Waals surface area contributed by atoms with E-state index in [4.69, 9.17) is 9.72 Å². The fourth-order valence-corrected chi connectivity index (χ4v) is 9.26. The molecule has 4 aromatic rings. The molecule has 2 aromatic carbocycles. The van der Waals surface area contributed by atoms with Crippen LogP contribution in [-0.2, 0) is 28.0 Å². The van der Waals surface area contributed by atoms with Crippen LogP contribution in [0.3, 0.4) is 0 Å². The number of hydrogen-bond donors (Lipinski definition) is 0. The number of piperazine rings is 1. The Bertz CT molecular complexity index is 1770. The fourth-order valence-electron chi connectivity index (χ4n) is 8.18. The van der Waals surface area contributed by atoms with Crippen molar-refractivity contribution in [1.82, 2.24) is 34.7 Å². The molecule has 3 saturated heterocycles. The molecule has 0 saturated carbocycles. The minimum atomic E-state index is -0.785. The largest absolute Gasteiger partial charge is 0.375 e. The summed E-state index contributed by atoms with van der Waals surface area (Å²) < 4.78 is 22.3. The Morgan fingerprint density at radius 2 is 1.80 bits per heavy atom. The molecule has 3 aliphatic rings. The van der Waals surface area contributed by atoms with Crippen molar-refractivity contribution in [2.24, 2.45) is 0 Å². The zero-order valence-corrected chi connectivity index (χ0v) is 30.8. The second-order valence-corrected chi connectivity index (χ2v) is 16.2. The maximum Gasteiger partial charge on any atom is 0.234 e. The molecule has 266 valence electrons. The number of rotatable bonds is 8. The van der Waals surface area contributed by atoms with Gasteiger partial charge in [0.1, 0.15) is 10.8 Å². The average molecular weight is 700 g/mol. The highest BCUT2D eigenvalue weighted by molar-refractivity contribution is 7.13. The Hall–Kier alpha value is -3.51. The number of carbonyl (C=O) groups is 1. The molecule has 0 aliphatic carbocycles. The van der Waals surface area contributed by atoms with E-state index in [1.165, 1.54) is 29.0 Å². The number of thiazole rings is 1. The van der Waals surface area contributed by atoms with Crippen molar-refractivity contribution in [2.45, 2.75) is 103 Å². The number of piperidine rings is 1. The van der Waals surface area contributed by atoms with Gasteiger partial charge in [-0.25, -0.2) is 14.1 Å². The summed E-state index contributed by atoms with van der Waals surface area (Å²) in [5.41, 5.74) is 3.95. The van der Waals surface area contributed by atoms with Crippen LogP contribution in [0, 0.1) is 12.7 Å². The predicted molar refractivity (Wildman–Crippen MR) is 194 cm³/mol. The van der Waals surface area contributed by atoms with Crippen LogP contribution in [0.4, 0.5) is 4.39 Å². The third-order valence-electron chi connectivity index (χ3n) is 11.2. The highest BCUT2D eigenvalue weighted by Gasteiger charge is 2.42. The normalized spacial score (nSPS) is 23.4. The van der Waals surface area contributed by atoms with Crippen LogP contribution in [0.25, 0.3) is 10.6 Å². The van der Waals surface area contributed by atoms with Crippen molar-refractivity contribution < 1.29 is 13.9 Å². The zero-order chi connectivity index (χ0) is 35.0. The Kier molecular flexibility index (Phi) is 9.95. The molecular formula is C39H50FN7O2S. The van der Waals surface area contributed by atoms with E-state index in [0.29, 0.717) is 19.6 Å². The van der Waals surface area contributed by atoms with E-state index < -0.39 is 5.41 Å². The molecule has 0 bridgehead atoms. The van der Waals surface area contributed by atoms with E-state index in [-0.39, 0.29) is 35.5 Å². The monoisotopic (exact) mass is 699 g/mol. The zero-order valence-electron chi connectivity index (χ0n) is 30.0. The van der Waals surface area contributed by atoms with Crippen molar-refractivity contribution in [1.29, 1.82) is 0 Å². The number of amides is 1. The van der Waals surface area contributed by atoms with Gasteiger partial charge in [-0.3, -0.25) is 14.6 Å². The molecule has 50 heavy (non-hydrogen) atoms. The van der Waals surface area contributed by atoms with Gasteiger partial charge in [0.15, 0.2) is 0 Å². The van der Waals surface area contributed by atoms with Crippen LogP contribution in [0.15, 0.2) is 60.1 Å². The first-order valence-electron chi connectivity index (χ1n) is 18.1. The Morgan fingerprint density at radius 3 is 2.52 bits per heavy atom. The molecule has 0 radical (unpaired) electrons. The molecule has 1 amide bonds. The van der Waals surface area contributed by atoms with Crippen LogP contribution in [0.1, 0.15) is 81.9 Å². The molecule has 11 heteroatoms. The van der Waals surface area contributed by atoms with Crippen LogP contribution < -0.4 is 0 Å². The number of ether oxygens (including phenoxy) is 1. The molecule has 3 fully saturated rings. The lowest BCUT2D eigenvalue weighted by Crippen LogP contribution is -2.60. The van der Waals surface area contributed by atoms with Gasteiger partial charge in [0.2, 0.25) is 5.91 Å². The fraction of sp³-hybridized carbons (Fsp3) is 0.538. The number of nitrogens with zero attached hydrogens (tertiary/aromatic N) is 7.